The van der Waals surface area contributed by atoms with Gasteiger partial charge in [0.05, 0.1) is 10.5 Å². The van der Waals surface area contributed by atoms with Crippen molar-refractivity contribution in [2.75, 3.05) is 0 Å². The molecule has 2 rings (SSSR count). The molecular formula is C14H8ClF3O5S. The number of aromatic carboxylic acids is 1. The van der Waals surface area contributed by atoms with Crippen LogP contribution in [0.15, 0.2) is 47.4 Å². The lowest BCUT2D eigenvalue weighted by molar-refractivity contribution is -0.138. The van der Waals surface area contributed by atoms with Crippen molar-refractivity contribution in [2.45, 2.75) is 11.1 Å². The van der Waals surface area contributed by atoms with Crippen LogP contribution in [0, 0.1) is 0 Å². The summed E-state index contributed by atoms with van der Waals surface area (Å²) in [6, 6.07) is 6.76. The van der Waals surface area contributed by atoms with Gasteiger partial charge in [-0.15, -0.1) is 0 Å². The first-order valence-corrected chi connectivity index (χ1v) is 8.47. The Balaban J connectivity index is 2.50. The Morgan fingerprint density at radius 1 is 1.08 bits per heavy atom. The molecule has 5 nitrogen and oxygen atoms in total. The summed E-state index contributed by atoms with van der Waals surface area (Å²) in [5.41, 5.74) is -1.95. The maximum Gasteiger partial charge on any atom is 0.420 e. The summed E-state index contributed by atoms with van der Waals surface area (Å²) in [7, 11) is 1.12. The first-order chi connectivity index (χ1) is 11.0. The van der Waals surface area contributed by atoms with Crippen molar-refractivity contribution in [2.24, 2.45) is 0 Å². The number of alkyl halides is 3. The van der Waals surface area contributed by atoms with Crippen LogP contribution >= 0.6 is 10.7 Å². The molecule has 1 N–H and O–H groups in total. The van der Waals surface area contributed by atoms with Crippen molar-refractivity contribution in [3.05, 3.63) is 53.6 Å². The molecule has 0 aliphatic carbocycles. The van der Waals surface area contributed by atoms with Gasteiger partial charge in [-0.1, -0.05) is 6.07 Å². The van der Waals surface area contributed by atoms with E-state index >= 15 is 0 Å². The van der Waals surface area contributed by atoms with Crippen LogP contribution in [-0.2, 0) is 15.2 Å². The van der Waals surface area contributed by atoms with Gasteiger partial charge in [0, 0.05) is 10.7 Å². The van der Waals surface area contributed by atoms with Crippen LogP contribution in [0.2, 0.25) is 0 Å². The molecule has 0 radical (unpaired) electrons. The van der Waals surface area contributed by atoms with Crippen LogP contribution < -0.4 is 4.74 Å². The van der Waals surface area contributed by atoms with Gasteiger partial charge in [-0.2, -0.15) is 13.2 Å². The lowest BCUT2D eigenvalue weighted by Gasteiger charge is -2.15. The zero-order valence-corrected chi connectivity index (χ0v) is 13.1. The largest absolute Gasteiger partial charge is 0.478 e. The molecule has 0 saturated heterocycles. The van der Waals surface area contributed by atoms with Gasteiger partial charge >= 0.3 is 12.1 Å². The van der Waals surface area contributed by atoms with E-state index in [0.29, 0.717) is 6.07 Å². The van der Waals surface area contributed by atoms with E-state index in [9.17, 15) is 26.4 Å². The zero-order chi connectivity index (χ0) is 18.1. The summed E-state index contributed by atoms with van der Waals surface area (Å²) in [4.78, 5) is 10.9. The average Bonchev–Trinajstić information content (AvgIpc) is 2.45. The molecule has 0 unspecified atom stereocenters. The van der Waals surface area contributed by atoms with E-state index in [0.717, 1.165) is 36.4 Å². The quantitative estimate of drug-likeness (QED) is 0.807. The van der Waals surface area contributed by atoms with Gasteiger partial charge in [-0.3, -0.25) is 0 Å². The predicted molar refractivity (Wildman–Crippen MR) is 78.0 cm³/mol. The minimum absolute atomic E-state index is 0.182. The van der Waals surface area contributed by atoms with E-state index in [4.69, 9.17) is 20.5 Å². The molecule has 0 aromatic heterocycles. The van der Waals surface area contributed by atoms with Gasteiger partial charge in [-0.05, 0) is 36.4 Å². The third kappa shape index (κ3) is 3.98. The Morgan fingerprint density at radius 3 is 2.12 bits per heavy atom. The minimum atomic E-state index is -4.83. The molecule has 10 heteroatoms. The van der Waals surface area contributed by atoms with Crippen molar-refractivity contribution in [1.29, 1.82) is 0 Å². The third-order valence-corrected chi connectivity index (χ3v) is 4.25. The number of carboxylic acid groups (broad SMARTS) is 1. The Kier molecular flexibility index (Phi) is 4.77. The molecule has 2 aromatic carbocycles. The van der Waals surface area contributed by atoms with Crippen LogP contribution in [0.3, 0.4) is 0 Å². The highest BCUT2D eigenvalue weighted by atomic mass is 35.7. The minimum Gasteiger partial charge on any atom is -0.478 e. The second kappa shape index (κ2) is 6.33. The smallest absolute Gasteiger partial charge is 0.420 e. The Morgan fingerprint density at radius 2 is 1.67 bits per heavy atom. The highest BCUT2D eigenvalue weighted by Crippen LogP contribution is 2.40. The van der Waals surface area contributed by atoms with Crippen molar-refractivity contribution >= 4 is 25.7 Å². The maximum atomic E-state index is 13.0. The molecule has 0 bridgehead atoms. The number of halogens is 4. The van der Waals surface area contributed by atoms with Crippen LogP contribution in [-0.4, -0.2) is 19.5 Å². The van der Waals surface area contributed by atoms with Crippen LogP contribution in [0.4, 0.5) is 13.2 Å². The van der Waals surface area contributed by atoms with Crippen molar-refractivity contribution in [3.8, 4) is 11.5 Å². The Labute approximate surface area is 138 Å². The van der Waals surface area contributed by atoms with E-state index in [1.807, 2.05) is 0 Å². The summed E-state index contributed by atoms with van der Waals surface area (Å²) < 4.78 is 66.5. The van der Waals surface area contributed by atoms with E-state index in [1.165, 1.54) is 0 Å². The first-order valence-electron chi connectivity index (χ1n) is 6.16. The number of para-hydroxylation sites is 1. The molecular weight excluding hydrogens is 373 g/mol. The number of rotatable bonds is 4. The molecule has 0 atom stereocenters. The summed E-state index contributed by atoms with van der Waals surface area (Å²) in [6.07, 6.45) is -4.83. The number of ether oxygens (including phenoxy) is 1. The molecule has 0 aliphatic heterocycles. The molecule has 0 heterocycles. The molecule has 0 aliphatic rings. The van der Waals surface area contributed by atoms with E-state index in [1.54, 1.807) is 0 Å². The fraction of sp³-hybridized carbons (Fsp3) is 0.0714. The lowest BCUT2D eigenvalue weighted by Crippen LogP contribution is -2.11. The first kappa shape index (κ1) is 18.1. The van der Waals surface area contributed by atoms with Crippen LogP contribution in [0.25, 0.3) is 0 Å². The fourth-order valence-electron chi connectivity index (χ4n) is 1.83. The van der Waals surface area contributed by atoms with Crippen molar-refractivity contribution in [1.82, 2.24) is 0 Å². The summed E-state index contributed by atoms with van der Waals surface area (Å²) in [6.45, 7) is 0. The average molecular weight is 381 g/mol. The monoisotopic (exact) mass is 380 g/mol. The molecule has 0 spiro atoms. The topological polar surface area (TPSA) is 80.7 Å². The lowest BCUT2D eigenvalue weighted by atomic mass is 10.1. The summed E-state index contributed by atoms with van der Waals surface area (Å²) >= 11 is 0. The second-order valence-corrected chi connectivity index (χ2v) is 7.06. The van der Waals surface area contributed by atoms with Gasteiger partial charge in [-0.25, -0.2) is 13.2 Å². The summed E-state index contributed by atoms with van der Waals surface area (Å²) in [5.74, 6) is -2.67. The van der Waals surface area contributed by atoms with Crippen molar-refractivity contribution in [3.63, 3.8) is 0 Å². The van der Waals surface area contributed by atoms with Gasteiger partial charge in [0.25, 0.3) is 9.05 Å². The Bertz CT molecular complexity index is 876. The molecule has 0 saturated carbocycles. The number of carbonyl (C=O) groups is 1. The van der Waals surface area contributed by atoms with Crippen LogP contribution in [0.5, 0.6) is 11.5 Å². The van der Waals surface area contributed by atoms with Gasteiger partial charge in [0.15, 0.2) is 5.75 Å². The van der Waals surface area contributed by atoms with E-state index in [2.05, 4.69) is 0 Å². The number of carboxylic acids is 1. The number of benzene rings is 2. The fourth-order valence-corrected chi connectivity index (χ4v) is 2.60. The van der Waals surface area contributed by atoms with Crippen LogP contribution in [0.1, 0.15) is 15.9 Å². The van der Waals surface area contributed by atoms with Crippen molar-refractivity contribution < 1.29 is 36.2 Å². The summed E-state index contributed by atoms with van der Waals surface area (Å²) in [5, 5.41) is 9.04. The molecule has 0 amide bonds. The molecule has 24 heavy (non-hydrogen) atoms. The standard InChI is InChI=1S/C14H8ClF3O5S/c15-24(21,22)9-6-4-8(5-7-9)23-12-10(13(19)20)2-1-3-11(12)14(16,17)18/h1-7H,(H,19,20). The Hall–Kier alpha value is -2.26. The van der Waals surface area contributed by atoms with E-state index < -0.39 is 38.1 Å². The molecule has 128 valence electrons. The van der Waals surface area contributed by atoms with Gasteiger partial charge in [0.2, 0.25) is 0 Å². The zero-order valence-electron chi connectivity index (χ0n) is 11.5. The molecule has 2 aromatic rings. The number of hydrogen-bond acceptors (Lipinski definition) is 4. The second-order valence-electron chi connectivity index (χ2n) is 4.50. The highest BCUT2D eigenvalue weighted by molar-refractivity contribution is 8.13. The maximum absolute atomic E-state index is 13.0. The molecule has 0 fully saturated rings. The highest BCUT2D eigenvalue weighted by Gasteiger charge is 2.36. The van der Waals surface area contributed by atoms with Gasteiger partial charge < -0.3 is 9.84 Å². The predicted octanol–water partition coefficient (Wildman–Crippen LogP) is 4.12. The number of hydrogen-bond donors (Lipinski definition) is 1. The van der Waals surface area contributed by atoms with E-state index in [-0.39, 0.29) is 10.6 Å². The third-order valence-electron chi connectivity index (χ3n) is 2.88. The SMILES string of the molecule is O=C(O)c1cccc(C(F)(F)F)c1Oc1ccc(S(=O)(=O)Cl)cc1. The van der Waals surface area contributed by atoms with Gasteiger partial charge in [0.1, 0.15) is 11.3 Å². The normalized spacial score (nSPS) is 12.0.